The lowest BCUT2D eigenvalue weighted by molar-refractivity contribution is -0.117. The van der Waals surface area contributed by atoms with Crippen molar-refractivity contribution in [3.63, 3.8) is 0 Å². The van der Waals surface area contributed by atoms with Crippen LogP contribution in [0.2, 0.25) is 0 Å². The van der Waals surface area contributed by atoms with E-state index in [1.807, 2.05) is 0 Å². The Hall–Kier alpha value is -2.37. The molecule has 0 fully saturated rings. The Morgan fingerprint density at radius 2 is 2.19 bits per heavy atom. The van der Waals surface area contributed by atoms with Crippen LogP contribution in [-0.2, 0) is 9.59 Å². The standard InChI is InChI=1S/C10H10N4O2/c11-6-2-1-3-7(4-6)14-9(15)5-8(13-14)10(12)16/h1-4H,5,11H2,(H2,12,16). The van der Waals surface area contributed by atoms with Crippen LogP contribution in [0.25, 0.3) is 0 Å². The smallest absolute Gasteiger partial charge is 0.265 e. The molecular formula is C10H10N4O2. The van der Waals surface area contributed by atoms with Gasteiger partial charge in [-0.2, -0.15) is 10.1 Å². The summed E-state index contributed by atoms with van der Waals surface area (Å²) >= 11 is 0. The number of hydrogen-bond donors (Lipinski definition) is 2. The quantitative estimate of drug-likeness (QED) is 0.674. The summed E-state index contributed by atoms with van der Waals surface area (Å²) in [5, 5.41) is 4.99. The lowest BCUT2D eigenvalue weighted by Crippen LogP contribution is -2.22. The predicted octanol–water partition coefficient (Wildman–Crippen LogP) is -0.153. The monoisotopic (exact) mass is 218 g/mol. The van der Waals surface area contributed by atoms with Crippen molar-refractivity contribution in [2.75, 3.05) is 10.7 Å². The van der Waals surface area contributed by atoms with Gasteiger partial charge >= 0.3 is 0 Å². The Morgan fingerprint density at radius 1 is 1.44 bits per heavy atom. The highest BCUT2D eigenvalue weighted by molar-refractivity contribution is 6.44. The van der Waals surface area contributed by atoms with Gasteiger partial charge in [0.05, 0.1) is 12.1 Å². The molecule has 0 unspecified atom stereocenters. The minimum atomic E-state index is -0.681. The third-order valence-corrected chi connectivity index (χ3v) is 2.17. The number of carbonyl (C=O) groups is 2. The molecular weight excluding hydrogens is 208 g/mol. The Kier molecular flexibility index (Phi) is 2.32. The van der Waals surface area contributed by atoms with Crippen LogP contribution in [0, 0.1) is 0 Å². The fourth-order valence-electron chi connectivity index (χ4n) is 1.42. The third-order valence-electron chi connectivity index (χ3n) is 2.17. The van der Waals surface area contributed by atoms with Crippen LogP contribution >= 0.6 is 0 Å². The highest BCUT2D eigenvalue weighted by Gasteiger charge is 2.27. The average Bonchev–Trinajstić information content (AvgIpc) is 2.60. The number of anilines is 2. The number of nitrogens with two attached hydrogens (primary N) is 2. The summed E-state index contributed by atoms with van der Waals surface area (Å²) in [4.78, 5) is 22.4. The maximum Gasteiger partial charge on any atom is 0.265 e. The third kappa shape index (κ3) is 1.72. The lowest BCUT2D eigenvalue weighted by atomic mass is 10.2. The zero-order valence-electron chi connectivity index (χ0n) is 8.38. The van der Waals surface area contributed by atoms with E-state index < -0.39 is 5.91 Å². The molecule has 2 amide bonds. The van der Waals surface area contributed by atoms with E-state index in [4.69, 9.17) is 11.5 Å². The Labute approximate surface area is 91.5 Å². The van der Waals surface area contributed by atoms with Gasteiger partial charge in [-0.1, -0.05) is 6.07 Å². The van der Waals surface area contributed by atoms with Crippen molar-refractivity contribution in [2.24, 2.45) is 10.8 Å². The van der Waals surface area contributed by atoms with Gasteiger partial charge in [0.2, 0.25) is 0 Å². The molecule has 1 aromatic rings. The number of hydrogen-bond acceptors (Lipinski definition) is 4. The Balaban J connectivity index is 2.35. The normalized spacial score (nSPS) is 15.1. The number of nitrogen functional groups attached to an aromatic ring is 1. The zero-order valence-corrected chi connectivity index (χ0v) is 8.38. The molecule has 2 rings (SSSR count). The number of hydrazone groups is 1. The molecule has 0 bridgehead atoms. The molecule has 1 aliphatic heterocycles. The van der Waals surface area contributed by atoms with Crippen LogP contribution in [0.5, 0.6) is 0 Å². The van der Waals surface area contributed by atoms with E-state index in [1.165, 1.54) is 0 Å². The van der Waals surface area contributed by atoms with Crippen molar-refractivity contribution >= 4 is 28.9 Å². The molecule has 0 spiro atoms. The van der Waals surface area contributed by atoms with Gasteiger partial charge in [-0.05, 0) is 18.2 Å². The molecule has 4 N–H and O–H groups in total. The van der Waals surface area contributed by atoms with E-state index in [-0.39, 0.29) is 18.0 Å². The molecule has 1 heterocycles. The van der Waals surface area contributed by atoms with Gasteiger partial charge in [0.1, 0.15) is 5.71 Å². The van der Waals surface area contributed by atoms with Gasteiger partial charge in [-0.25, -0.2) is 0 Å². The molecule has 0 aromatic heterocycles. The van der Waals surface area contributed by atoms with Crippen molar-refractivity contribution in [1.29, 1.82) is 0 Å². The molecule has 6 nitrogen and oxygen atoms in total. The molecule has 0 radical (unpaired) electrons. The fourth-order valence-corrected chi connectivity index (χ4v) is 1.42. The van der Waals surface area contributed by atoms with E-state index in [0.717, 1.165) is 5.01 Å². The van der Waals surface area contributed by atoms with Crippen LogP contribution in [-0.4, -0.2) is 17.5 Å². The summed E-state index contributed by atoms with van der Waals surface area (Å²) in [6.07, 6.45) is -0.0653. The highest BCUT2D eigenvalue weighted by atomic mass is 16.2. The topological polar surface area (TPSA) is 102 Å². The summed E-state index contributed by atoms with van der Waals surface area (Å²) < 4.78 is 0. The second kappa shape index (κ2) is 3.65. The van der Waals surface area contributed by atoms with Crippen molar-refractivity contribution in [1.82, 2.24) is 0 Å². The second-order valence-corrected chi connectivity index (χ2v) is 3.39. The first-order valence-electron chi connectivity index (χ1n) is 4.63. The molecule has 0 atom stereocenters. The van der Waals surface area contributed by atoms with E-state index >= 15 is 0 Å². The van der Waals surface area contributed by atoms with Crippen LogP contribution in [0.15, 0.2) is 29.4 Å². The highest BCUT2D eigenvalue weighted by Crippen LogP contribution is 2.22. The maximum atomic E-state index is 11.6. The number of nitrogens with zero attached hydrogens (tertiary/aromatic N) is 2. The van der Waals surface area contributed by atoms with Gasteiger partial charge in [-0.3, -0.25) is 9.59 Å². The van der Waals surface area contributed by atoms with Gasteiger partial charge < -0.3 is 11.5 Å². The number of rotatable bonds is 2. The van der Waals surface area contributed by atoms with E-state index in [0.29, 0.717) is 11.4 Å². The van der Waals surface area contributed by atoms with Gasteiger partial charge in [0.25, 0.3) is 11.8 Å². The fraction of sp³-hybridized carbons (Fsp3) is 0.100. The van der Waals surface area contributed by atoms with Crippen LogP contribution in [0.3, 0.4) is 0 Å². The minimum absolute atomic E-state index is 0.0624. The zero-order chi connectivity index (χ0) is 11.7. The number of carbonyl (C=O) groups excluding carboxylic acids is 2. The number of benzene rings is 1. The number of primary amides is 1. The molecule has 0 aliphatic carbocycles. The predicted molar refractivity (Wildman–Crippen MR) is 59.6 cm³/mol. The average molecular weight is 218 g/mol. The van der Waals surface area contributed by atoms with E-state index in [1.54, 1.807) is 24.3 Å². The van der Waals surface area contributed by atoms with Crippen molar-refractivity contribution in [3.8, 4) is 0 Å². The van der Waals surface area contributed by atoms with Gasteiger partial charge in [0.15, 0.2) is 0 Å². The van der Waals surface area contributed by atoms with Crippen molar-refractivity contribution in [2.45, 2.75) is 6.42 Å². The summed E-state index contributed by atoms with van der Waals surface area (Å²) in [5.74, 6) is -0.973. The first-order valence-corrected chi connectivity index (χ1v) is 4.63. The maximum absolute atomic E-state index is 11.6. The summed E-state index contributed by atoms with van der Waals surface area (Å²) in [7, 11) is 0. The number of amides is 2. The molecule has 1 aliphatic rings. The minimum Gasteiger partial charge on any atom is -0.399 e. The lowest BCUT2D eigenvalue weighted by Gasteiger charge is -2.11. The first-order chi connectivity index (χ1) is 7.58. The summed E-state index contributed by atoms with van der Waals surface area (Å²) in [6, 6.07) is 6.69. The first kappa shape index (κ1) is 10.2. The molecule has 6 heteroatoms. The van der Waals surface area contributed by atoms with Gasteiger partial charge in [-0.15, -0.1) is 0 Å². The molecule has 82 valence electrons. The van der Waals surface area contributed by atoms with Crippen molar-refractivity contribution < 1.29 is 9.59 Å². The Bertz CT molecular complexity index is 495. The Morgan fingerprint density at radius 3 is 2.75 bits per heavy atom. The van der Waals surface area contributed by atoms with Crippen LogP contribution in [0.1, 0.15) is 6.42 Å². The summed E-state index contributed by atoms with van der Waals surface area (Å²) in [5.41, 5.74) is 11.8. The van der Waals surface area contributed by atoms with Crippen molar-refractivity contribution in [3.05, 3.63) is 24.3 Å². The van der Waals surface area contributed by atoms with Crippen LogP contribution in [0.4, 0.5) is 11.4 Å². The van der Waals surface area contributed by atoms with E-state index in [2.05, 4.69) is 5.10 Å². The summed E-state index contributed by atoms with van der Waals surface area (Å²) in [6.45, 7) is 0. The van der Waals surface area contributed by atoms with Crippen LogP contribution < -0.4 is 16.5 Å². The second-order valence-electron chi connectivity index (χ2n) is 3.39. The molecule has 0 saturated carbocycles. The molecule has 0 saturated heterocycles. The largest absolute Gasteiger partial charge is 0.399 e. The molecule has 16 heavy (non-hydrogen) atoms. The molecule has 1 aromatic carbocycles. The van der Waals surface area contributed by atoms with Gasteiger partial charge in [0, 0.05) is 5.69 Å². The SMILES string of the molecule is NC(=O)C1=NN(c2cccc(N)c2)C(=O)C1. The van der Waals surface area contributed by atoms with E-state index in [9.17, 15) is 9.59 Å².